The third-order valence-electron chi connectivity index (χ3n) is 3.26. The minimum absolute atomic E-state index is 0.0904. The lowest BCUT2D eigenvalue weighted by molar-refractivity contribution is -0.114. The summed E-state index contributed by atoms with van der Waals surface area (Å²) in [6.07, 6.45) is 0. The predicted octanol–water partition coefficient (Wildman–Crippen LogP) is 4.43. The van der Waals surface area contributed by atoms with Crippen LogP contribution in [0.25, 0.3) is 0 Å². The number of carbonyl (C=O) groups is 1. The van der Waals surface area contributed by atoms with Gasteiger partial charge in [-0.05, 0) is 58.7 Å². The summed E-state index contributed by atoms with van der Waals surface area (Å²) in [7, 11) is 1.62. The molecule has 0 spiro atoms. The number of benzene rings is 2. The van der Waals surface area contributed by atoms with Crippen LogP contribution in [0, 0.1) is 0 Å². The molecule has 0 saturated heterocycles. The van der Waals surface area contributed by atoms with E-state index >= 15 is 0 Å². The van der Waals surface area contributed by atoms with Crippen LogP contribution < -0.4 is 20.1 Å². The minimum Gasteiger partial charge on any atom is -0.493 e. The molecule has 0 unspecified atom stereocenters. The number of methoxy groups -OCH3 is 1. The molecule has 0 radical (unpaired) electrons. The van der Waals surface area contributed by atoms with Gasteiger partial charge in [-0.15, -0.1) is 0 Å². The summed E-state index contributed by atoms with van der Waals surface area (Å²) in [6, 6.07) is 11.5. The monoisotopic (exact) mass is 392 g/mol. The maximum atomic E-state index is 11.1. The van der Waals surface area contributed by atoms with E-state index in [-0.39, 0.29) is 5.91 Å². The Morgan fingerprint density at radius 3 is 2.62 bits per heavy atom. The van der Waals surface area contributed by atoms with Crippen molar-refractivity contribution in [1.29, 1.82) is 0 Å². The lowest BCUT2D eigenvalue weighted by atomic mass is 10.2. The molecule has 0 heterocycles. The number of hydrogen-bond donors (Lipinski definition) is 2. The van der Waals surface area contributed by atoms with Crippen LogP contribution in [0.3, 0.4) is 0 Å². The number of anilines is 2. The second-order valence-electron chi connectivity index (χ2n) is 5.16. The zero-order valence-electron chi connectivity index (χ0n) is 14.0. The lowest BCUT2D eigenvalue weighted by Crippen LogP contribution is -2.06. The van der Waals surface area contributed by atoms with Gasteiger partial charge in [0.25, 0.3) is 0 Å². The Labute approximate surface area is 150 Å². The summed E-state index contributed by atoms with van der Waals surface area (Å²) in [6.45, 7) is 4.61. The van der Waals surface area contributed by atoms with Crippen molar-refractivity contribution in [3.05, 3.63) is 46.4 Å². The third kappa shape index (κ3) is 4.89. The van der Waals surface area contributed by atoms with Crippen LogP contribution in [0.5, 0.6) is 11.5 Å². The molecule has 0 aliphatic carbocycles. The summed E-state index contributed by atoms with van der Waals surface area (Å²) in [5, 5.41) is 6.11. The standard InChI is InChI=1S/C18H21BrN2O3/c1-4-24-18-16(19)8-13(9-17(18)23-3)11-20-14-6-5-7-15(10-14)21-12(2)22/h5-10,20H,4,11H2,1-3H3,(H,21,22). The SMILES string of the molecule is CCOc1c(Br)cc(CNc2cccc(NC(C)=O)c2)cc1OC. The van der Waals surface area contributed by atoms with Crippen molar-refractivity contribution < 1.29 is 14.3 Å². The largest absolute Gasteiger partial charge is 0.493 e. The van der Waals surface area contributed by atoms with Gasteiger partial charge < -0.3 is 20.1 Å². The van der Waals surface area contributed by atoms with Crippen LogP contribution in [0.4, 0.5) is 11.4 Å². The Balaban J connectivity index is 2.12. The van der Waals surface area contributed by atoms with Crippen LogP contribution in [0.1, 0.15) is 19.4 Å². The first-order valence-electron chi connectivity index (χ1n) is 7.64. The molecule has 1 amide bonds. The molecule has 2 aromatic carbocycles. The van der Waals surface area contributed by atoms with Gasteiger partial charge in [-0.1, -0.05) is 6.07 Å². The van der Waals surface area contributed by atoms with Gasteiger partial charge in [0.05, 0.1) is 18.2 Å². The zero-order valence-corrected chi connectivity index (χ0v) is 15.6. The molecule has 2 rings (SSSR count). The number of rotatable bonds is 7. The first kappa shape index (κ1) is 18.1. The fourth-order valence-corrected chi connectivity index (χ4v) is 2.88. The quantitative estimate of drug-likeness (QED) is 0.731. The van der Waals surface area contributed by atoms with Gasteiger partial charge >= 0.3 is 0 Å². The number of ether oxygens (including phenoxy) is 2. The molecule has 0 aromatic heterocycles. The molecule has 0 aliphatic heterocycles. The highest BCUT2D eigenvalue weighted by atomic mass is 79.9. The second-order valence-corrected chi connectivity index (χ2v) is 6.01. The second kappa shape index (κ2) is 8.59. The highest BCUT2D eigenvalue weighted by molar-refractivity contribution is 9.10. The average molecular weight is 393 g/mol. The smallest absolute Gasteiger partial charge is 0.221 e. The fraction of sp³-hybridized carbons (Fsp3) is 0.278. The van der Waals surface area contributed by atoms with E-state index in [2.05, 4.69) is 26.6 Å². The summed E-state index contributed by atoms with van der Waals surface area (Å²) in [5.41, 5.74) is 2.73. The Kier molecular flexibility index (Phi) is 6.49. The van der Waals surface area contributed by atoms with Crippen molar-refractivity contribution in [2.75, 3.05) is 24.4 Å². The normalized spacial score (nSPS) is 10.2. The number of halogens is 1. The van der Waals surface area contributed by atoms with Crippen LogP contribution in [0.15, 0.2) is 40.9 Å². The van der Waals surface area contributed by atoms with Gasteiger partial charge in [0.2, 0.25) is 5.91 Å². The number of amides is 1. The molecule has 2 N–H and O–H groups in total. The summed E-state index contributed by atoms with van der Waals surface area (Å²) >= 11 is 3.52. The van der Waals surface area contributed by atoms with Crippen molar-refractivity contribution in [3.8, 4) is 11.5 Å². The summed E-state index contributed by atoms with van der Waals surface area (Å²) < 4.78 is 11.9. The van der Waals surface area contributed by atoms with Gasteiger partial charge in [-0.2, -0.15) is 0 Å². The van der Waals surface area contributed by atoms with Crippen LogP contribution in [0.2, 0.25) is 0 Å². The van der Waals surface area contributed by atoms with Crippen molar-refractivity contribution >= 4 is 33.2 Å². The fourth-order valence-electron chi connectivity index (χ4n) is 2.27. The first-order valence-corrected chi connectivity index (χ1v) is 8.43. The van der Waals surface area contributed by atoms with E-state index < -0.39 is 0 Å². The maximum absolute atomic E-state index is 11.1. The lowest BCUT2D eigenvalue weighted by Gasteiger charge is -2.14. The maximum Gasteiger partial charge on any atom is 0.221 e. The number of nitrogens with one attached hydrogen (secondary N) is 2. The topological polar surface area (TPSA) is 59.6 Å². The van der Waals surface area contributed by atoms with Gasteiger partial charge in [-0.3, -0.25) is 4.79 Å². The molecule has 0 atom stereocenters. The highest BCUT2D eigenvalue weighted by Crippen LogP contribution is 2.36. The van der Waals surface area contributed by atoms with Crippen molar-refractivity contribution in [1.82, 2.24) is 0 Å². The summed E-state index contributed by atoms with van der Waals surface area (Å²) in [5.74, 6) is 1.30. The molecule has 0 bridgehead atoms. The Hall–Kier alpha value is -2.21. The van der Waals surface area contributed by atoms with Gasteiger partial charge in [0.15, 0.2) is 11.5 Å². The van der Waals surface area contributed by atoms with Gasteiger partial charge in [-0.25, -0.2) is 0 Å². The molecule has 0 saturated carbocycles. The Morgan fingerprint density at radius 2 is 1.96 bits per heavy atom. The molecule has 24 heavy (non-hydrogen) atoms. The van der Waals surface area contributed by atoms with E-state index in [9.17, 15) is 4.79 Å². The first-order chi connectivity index (χ1) is 11.5. The molecule has 0 aliphatic rings. The third-order valence-corrected chi connectivity index (χ3v) is 3.85. The molecule has 2 aromatic rings. The zero-order chi connectivity index (χ0) is 17.5. The molecular formula is C18H21BrN2O3. The average Bonchev–Trinajstić information content (AvgIpc) is 2.54. The molecule has 128 valence electrons. The van der Waals surface area contributed by atoms with E-state index in [1.54, 1.807) is 7.11 Å². The minimum atomic E-state index is -0.0904. The molecular weight excluding hydrogens is 372 g/mol. The Morgan fingerprint density at radius 1 is 1.21 bits per heavy atom. The van der Waals surface area contributed by atoms with Crippen LogP contribution in [-0.2, 0) is 11.3 Å². The van der Waals surface area contributed by atoms with E-state index in [1.807, 2.05) is 43.3 Å². The van der Waals surface area contributed by atoms with Crippen molar-refractivity contribution in [2.24, 2.45) is 0 Å². The molecule has 6 heteroatoms. The predicted molar refractivity (Wildman–Crippen MR) is 99.9 cm³/mol. The number of carbonyl (C=O) groups excluding carboxylic acids is 1. The van der Waals surface area contributed by atoms with Crippen LogP contribution >= 0.6 is 15.9 Å². The van der Waals surface area contributed by atoms with Gasteiger partial charge in [0, 0.05) is 24.8 Å². The number of hydrogen-bond acceptors (Lipinski definition) is 4. The van der Waals surface area contributed by atoms with Gasteiger partial charge in [0.1, 0.15) is 0 Å². The highest BCUT2D eigenvalue weighted by Gasteiger charge is 2.11. The molecule has 5 nitrogen and oxygen atoms in total. The van der Waals surface area contributed by atoms with E-state index in [4.69, 9.17) is 9.47 Å². The van der Waals surface area contributed by atoms with E-state index in [0.29, 0.717) is 24.7 Å². The van der Waals surface area contributed by atoms with Crippen molar-refractivity contribution in [3.63, 3.8) is 0 Å². The van der Waals surface area contributed by atoms with Crippen LogP contribution in [-0.4, -0.2) is 19.6 Å². The summed E-state index contributed by atoms with van der Waals surface area (Å²) in [4.78, 5) is 11.1. The van der Waals surface area contributed by atoms with E-state index in [0.717, 1.165) is 21.4 Å². The molecule has 0 fully saturated rings. The van der Waals surface area contributed by atoms with E-state index in [1.165, 1.54) is 6.92 Å². The van der Waals surface area contributed by atoms with Crippen molar-refractivity contribution in [2.45, 2.75) is 20.4 Å². The Bertz CT molecular complexity index is 719.